The van der Waals surface area contributed by atoms with E-state index in [1.54, 1.807) is 5.01 Å². The fraction of sp³-hybridized carbons (Fsp3) is 1.00. The second-order valence-corrected chi connectivity index (χ2v) is 24.1. The van der Waals surface area contributed by atoms with Gasteiger partial charge in [-0.2, -0.15) is 0 Å². The molecule has 0 radical (unpaired) electrons. The minimum atomic E-state index is -0.486. The molecule has 0 aliphatic carbocycles. The van der Waals surface area contributed by atoms with Gasteiger partial charge in [-0.1, -0.05) is 292 Å². The highest BCUT2D eigenvalue weighted by Crippen LogP contribution is 2.19. The third kappa shape index (κ3) is 60.0. The quantitative estimate of drug-likeness (QED) is 0.0134. The zero-order valence-electron chi connectivity index (χ0n) is 52.8. The number of epoxide rings is 1. The Morgan fingerprint density at radius 3 is 0.714 bits per heavy atom. The van der Waals surface area contributed by atoms with Crippen LogP contribution in [-0.2, 0) is 4.74 Å². The van der Waals surface area contributed by atoms with Crippen molar-refractivity contribution in [3.05, 3.63) is 0 Å². The van der Waals surface area contributed by atoms with Crippen molar-refractivity contribution >= 4 is 0 Å². The predicted molar refractivity (Wildman–Crippen MR) is 332 cm³/mol. The molecule has 466 valence electrons. The van der Waals surface area contributed by atoms with E-state index < -0.39 is 24.4 Å². The van der Waals surface area contributed by atoms with Crippen LogP contribution in [0.5, 0.6) is 0 Å². The van der Waals surface area contributed by atoms with E-state index in [1.165, 1.54) is 186 Å². The molecule has 1 rings (SSSR count). The molecule has 1 aliphatic heterocycles. The fourth-order valence-corrected chi connectivity index (χ4v) is 10.3. The number of unbranched alkanes of at least 4 members (excludes halogenated alkanes) is 31. The first kappa shape index (κ1) is 78.6. The van der Waals surface area contributed by atoms with Gasteiger partial charge < -0.3 is 35.4 Å². The first-order chi connectivity index (χ1) is 37.4. The van der Waals surface area contributed by atoms with Crippen molar-refractivity contribution in [2.24, 2.45) is 5.84 Å². The van der Waals surface area contributed by atoms with Gasteiger partial charge in [0.2, 0.25) is 0 Å². The molecule has 1 heterocycles. The number of hydrogen-bond donors (Lipinski definition) is 7. The Hall–Kier alpha value is -0.440. The van der Waals surface area contributed by atoms with Crippen LogP contribution in [0, 0.1) is 0 Å². The van der Waals surface area contributed by atoms with Crippen LogP contribution in [-0.4, -0.2) is 134 Å². The van der Waals surface area contributed by atoms with Gasteiger partial charge in [-0.05, 0) is 44.9 Å². The van der Waals surface area contributed by atoms with Gasteiger partial charge in [-0.25, -0.2) is 15.0 Å². The van der Waals surface area contributed by atoms with Crippen LogP contribution < -0.4 is 5.84 Å². The summed E-state index contributed by atoms with van der Waals surface area (Å²) in [6, 6.07) is 0. The Labute approximate surface area is 480 Å². The predicted octanol–water partition coefficient (Wildman–Crippen LogP) is 15.9. The monoisotopic (exact) mass is 1100 g/mol. The number of aliphatic hydroxyl groups is 6. The van der Waals surface area contributed by atoms with E-state index >= 15 is 0 Å². The average Bonchev–Trinajstić information content (AvgIpc) is 4.24. The molecule has 0 saturated carbocycles. The SMILES string of the molecule is CCCCC1CO1.CCCCCCCCCCC(O)CN(CC(O)CCCCCCCCCC)N(CC(O)CCCC)CC(O)CCCC.CCCCCCCCCCC(O)CN(N)CC(O)CCCCCCCCCC. The van der Waals surface area contributed by atoms with Gasteiger partial charge in [0.1, 0.15) is 0 Å². The van der Waals surface area contributed by atoms with Crippen molar-refractivity contribution in [1.29, 1.82) is 0 Å². The van der Waals surface area contributed by atoms with Crippen LogP contribution >= 0.6 is 0 Å². The second-order valence-electron chi connectivity index (χ2n) is 24.1. The zero-order valence-corrected chi connectivity index (χ0v) is 52.8. The maximum absolute atomic E-state index is 11.1. The summed E-state index contributed by atoms with van der Waals surface area (Å²) in [5, 5.41) is 69.8. The van der Waals surface area contributed by atoms with Crippen molar-refractivity contribution in [2.75, 3.05) is 45.9 Å². The average molecular weight is 1100 g/mol. The molecule has 8 N–H and O–H groups in total. The molecule has 1 fully saturated rings. The Kier molecular flexibility index (Phi) is 62.9. The molecule has 11 heteroatoms. The third-order valence-electron chi connectivity index (χ3n) is 15.6. The van der Waals surface area contributed by atoms with Crippen molar-refractivity contribution in [3.8, 4) is 0 Å². The standard InChI is InChI=1S/C36H76N2O4.C24H52N2O2.C6H12O/c1-5-9-13-15-17-19-21-23-27-35(41)31-38(32-36(42)28-24-22-20-18-16-14-10-6-2)37(29-33(39)25-11-7-3)30-34(40)26-12-8-4;1-3-5-7-9-11-13-15-17-19-23(27)21-26(25)22-24(28)20-18-16-14-12-10-8-6-4-2;1-2-3-4-6-5-7-6/h33-36,39-42H,5-32H2,1-4H3;23-24,27-28H,3-22,25H2,1-2H3;6H,2-5H2,1H3. The Morgan fingerprint density at radius 1 is 0.299 bits per heavy atom. The lowest BCUT2D eigenvalue weighted by atomic mass is 10.0. The molecule has 77 heavy (non-hydrogen) atoms. The van der Waals surface area contributed by atoms with Gasteiger partial charge in [0.25, 0.3) is 0 Å². The van der Waals surface area contributed by atoms with E-state index in [1.807, 2.05) is 0 Å². The summed E-state index contributed by atoms with van der Waals surface area (Å²) in [6.07, 6.45) is 50.9. The van der Waals surface area contributed by atoms with E-state index in [4.69, 9.17) is 10.6 Å². The number of rotatable bonds is 58. The van der Waals surface area contributed by atoms with E-state index in [2.05, 4.69) is 58.5 Å². The van der Waals surface area contributed by atoms with Crippen molar-refractivity contribution in [3.63, 3.8) is 0 Å². The lowest BCUT2D eigenvalue weighted by molar-refractivity contribution is -0.111. The minimum Gasteiger partial charge on any atom is -0.392 e. The normalized spacial score (nSPS) is 15.8. The van der Waals surface area contributed by atoms with Gasteiger partial charge in [-0.3, -0.25) is 5.84 Å². The van der Waals surface area contributed by atoms with Crippen LogP contribution in [0.4, 0.5) is 0 Å². The molecule has 7 unspecified atom stereocenters. The van der Waals surface area contributed by atoms with Crippen molar-refractivity contribution in [1.82, 2.24) is 15.0 Å². The number of ether oxygens (including phenoxy) is 1. The first-order valence-corrected chi connectivity index (χ1v) is 34.1. The summed E-state index contributed by atoms with van der Waals surface area (Å²) in [7, 11) is 0. The fourth-order valence-electron chi connectivity index (χ4n) is 10.3. The number of nitrogens with zero attached hydrogens (tertiary/aromatic N) is 3. The Bertz CT molecular complexity index is 1040. The number of aliphatic hydroxyl groups excluding tert-OH is 6. The largest absolute Gasteiger partial charge is 0.392 e. The summed E-state index contributed by atoms with van der Waals surface area (Å²) in [6.45, 7) is 19.2. The molecule has 0 aromatic heterocycles. The van der Waals surface area contributed by atoms with Crippen molar-refractivity contribution < 1.29 is 35.4 Å². The molecule has 1 aliphatic rings. The van der Waals surface area contributed by atoms with E-state index in [0.29, 0.717) is 45.4 Å². The molecule has 1 saturated heterocycles. The first-order valence-electron chi connectivity index (χ1n) is 34.1. The summed E-state index contributed by atoms with van der Waals surface area (Å²) in [4.78, 5) is 0. The molecule has 0 bridgehead atoms. The molecule has 11 nitrogen and oxygen atoms in total. The van der Waals surface area contributed by atoms with Crippen molar-refractivity contribution in [2.45, 2.75) is 380 Å². The lowest BCUT2D eigenvalue weighted by Gasteiger charge is -2.39. The van der Waals surface area contributed by atoms with Gasteiger partial charge in [0.05, 0.1) is 49.3 Å². The second kappa shape index (κ2) is 61.6. The number of hydrazine groups is 2. The molecule has 0 amide bonds. The highest BCUT2D eigenvalue weighted by atomic mass is 16.6. The highest BCUT2D eigenvalue weighted by molar-refractivity contribution is 4.75. The Balaban J connectivity index is 0. The zero-order chi connectivity index (χ0) is 57.3. The van der Waals surface area contributed by atoms with Gasteiger partial charge in [0.15, 0.2) is 0 Å². The molecule has 7 atom stereocenters. The number of hydrogen-bond acceptors (Lipinski definition) is 11. The molecule has 0 spiro atoms. The summed E-state index contributed by atoms with van der Waals surface area (Å²) in [5.74, 6) is 5.99. The van der Waals surface area contributed by atoms with Crippen LogP contribution in [0.1, 0.15) is 337 Å². The van der Waals surface area contributed by atoms with Gasteiger partial charge in [-0.15, -0.1) is 0 Å². The molecular formula is C66H140N4O7. The van der Waals surface area contributed by atoms with Crippen LogP contribution in [0.2, 0.25) is 0 Å². The topological polar surface area (TPSA) is 170 Å². The maximum atomic E-state index is 11.1. The van der Waals surface area contributed by atoms with Gasteiger partial charge in [0, 0.05) is 39.3 Å². The number of nitrogens with two attached hydrogens (primary N) is 1. The van der Waals surface area contributed by atoms with E-state index in [0.717, 1.165) is 109 Å². The summed E-state index contributed by atoms with van der Waals surface area (Å²) in [5.41, 5.74) is 0. The highest BCUT2D eigenvalue weighted by Gasteiger charge is 2.26. The van der Waals surface area contributed by atoms with E-state index in [-0.39, 0.29) is 12.2 Å². The molecular weight excluding hydrogens is 961 g/mol. The van der Waals surface area contributed by atoms with E-state index in [9.17, 15) is 30.6 Å². The maximum Gasteiger partial charge on any atom is 0.0810 e. The smallest absolute Gasteiger partial charge is 0.0810 e. The molecule has 0 aromatic carbocycles. The third-order valence-corrected chi connectivity index (χ3v) is 15.6. The van der Waals surface area contributed by atoms with Crippen LogP contribution in [0.25, 0.3) is 0 Å². The lowest BCUT2D eigenvalue weighted by Crippen LogP contribution is -2.54. The minimum absolute atomic E-state index is 0.375. The van der Waals surface area contributed by atoms with Gasteiger partial charge >= 0.3 is 0 Å². The van der Waals surface area contributed by atoms with Crippen LogP contribution in [0.3, 0.4) is 0 Å². The van der Waals surface area contributed by atoms with Crippen LogP contribution in [0.15, 0.2) is 0 Å². The Morgan fingerprint density at radius 2 is 0.494 bits per heavy atom. The summed E-state index contributed by atoms with van der Waals surface area (Å²) >= 11 is 0. The molecule has 0 aromatic rings. The summed E-state index contributed by atoms with van der Waals surface area (Å²) < 4.78 is 5.01.